The lowest BCUT2D eigenvalue weighted by Crippen LogP contribution is -2.27. The maximum atomic E-state index is 11.3. The van der Waals surface area contributed by atoms with Crippen LogP contribution in [-0.4, -0.2) is 20.8 Å². The van der Waals surface area contributed by atoms with E-state index in [0.29, 0.717) is 5.15 Å². The van der Waals surface area contributed by atoms with Gasteiger partial charge >= 0.3 is 5.97 Å². The second-order valence-corrected chi connectivity index (χ2v) is 7.27. The Balaban J connectivity index is 2.78. The van der Waals surface area contributed by atoms with Crippen LogP contribution in [0.15, 0.2) is 23.2 Å². The number of carbonyl (C=O) groups is 1. The van der Waals surface area contributed by atoms with Gasteiger partial charge in [-0.15, -0.1) is 11.8 Å². The summed E-state index contributed by atoms with van der Waals surface area (Å²) in [7, 11) is 0. The number of pyridine rings is 1. The zero-order chi connectivity index (χ0) is 15.7. The van der Waals surface area contributed by atoms with E-state index in [1.54, 1.807) is 24.0 Å². The summed E-state index contributed by atoms with van der Waals surface area (Å²) in [5, 5.41) is 9.72. The van der Waals surface area contributed by atoms with E-state index in [1.807, 2.05) is 6.07 Å². The highest BCUT2D eigenvalue weighted by Gasteiger charge is 2.32. The molecule has 0 spiro atoms. The third-order valence-electron chi connectivity index (χ3n) is 3.64. The SMILES string of the molecule is CCCCCCC(CC)(CC(=O)O)Sc1ccc(Cl)nc1. The lowest BCUT2D eigenvalue weighted by atomic mass is 9.94. The Bertz CT molecular complexity index is 438. The summed E-state index contributed by atoms with van der Waals surface area (Å²) in [6.45, 7) is 4.25. The van der Waals surface area contributed by atoms with Crippen LogP contribution in [0.25, 0.3) is 0 Å². The molecule has 0 bridgehead atoms. The van der Waals surface area contributed by atoms with E-state index in [9.17, 15) is 9.90 Å². The van der Waals surface area contributed by atoms with Gasteiger partial charge < -0.3 is 5.11 Å². The second-order valence-electron chi connectivity index (χ2n) is 5.34. The summed E-state index contributed by atoms with van der Waals surface area (Å²) in [4.78, 5) is 16.3. The summed E-state index contributed by atoms with van der Waals surface area (Å²) in [5.41, 5.74) is 0. The monoisotopic (exact) mass is 329 g/mol. The van der Waals surface area contributed by atoms with Crippen LogP contribution >= 0.6 is 23.4 Å². The van der Waals surface area contributed by atoms with Crippen LogP contribution in [0.2, 0.25) is 5.15 Å². The van der Waals surface area contributed by atoms with Gasteiger partial charge in [-0.1, -0.05) is 51.1 Å². The first-order valence-electron chi connectivity index (χ1n) is 7.53. The van der Waals surface area contributed by atoms with Crippen molar-refractivity contribution < 1.29 is 9.90 Å². The zero-order valence-electron chi connectivity index (χ0n) is 12.8. The van der Waals surface area contributed by atoms with E-state index < -0.39 is 5.97 Å². The van der Waals surface area contributed by atoms with Crippen molar-refractivity contribution in [3.63, 3.8) is 0 Å². The molecule has 1 atom stereocenters. The quantitative estimate of drug-likeness (QED) is 0.353. The molecule has 0 fully saturated rings. The van der Waals surface area contributed by atoms with Crippen LogP contribution in [0, 0.1) is 0 Å². The predicted molar refractivity (Wildman–Crippen MR) is 89.1 cm³/mol. The molecule has 1 heterocycles. The maximum absolute atomic E-state index is 11.3. The molecule has 0 amide bonds. The van der Waals surface area contributed by atoms with E-state index >= 15 is 0 Å². The number of nitrogens with zero attached hydrogens (tertiary/aromatic N) is 1. The van der Waals surface area contributed by atoms with Crippen molar-refractivity contribution in [1.29, 1.82) is 0 Å². The molecule has 0 radical (unpaired) electrons. The molecular weight excluding hydrogens is 306 g/mol. The Hall–Kier alpha value is -0.740. The minimum atomic E-state index is -0.734. The summed E-state index contributed by atoms with van der Waals surface area (Å²) in [6.07, 6.45) is 8.29. The smallest absolute Gasteiger partial charge is 0.304 e. The van der Waals surface area contributed by atoms with Gasteiger partial charge in [0, 0.05) is 15.8 Å². The number of aromatic nitrogens is 1. The third-order valence-corrected chi connectivity index (χ3v) is 5.41. The molecule has 0 saturated heterocycles. The Kier molecular flexibility index (Phi) is 8.12. The molecule has 0 aliphatic heterocycles. The average Bonchev–Trinajstić information content (AvgIpc) is 2.45. The molecule has 0 aliphatic rings. The first kappa shape index (κ1) is 18.3. The van der Waals surface area contributed by atoms with Gasteiger partial charge in [0.15, 0.2) is 0 Å². The number of unbranched alkanes of at least 4 members (excludes halogenated alkanes) is 3. The fraction of sp³-hybridized carbons (Fsp3) is 0.625. The van der Waals surface area contributed by atoms with Crippen molar-refractivity contribution in [2.75, 3.05) is 0 Å². The van der Waals surface area contributed by atoms with Crippen LogP contribution in [0.5, 0.6) is 0 Å². The summed E-state index contributed by atoms with van der Waals surface area (Å²) >= 11 is 7.43. The fourth-order valence-corrected chi connectivity index (χ4v) is 3.81. The molecule has 0 saturated carbocycles. The lowest BCUT2D eigenvalue weighted by Gasteiger charge is -2.30. The first-order chi connectivity index (χ1) is 10.0. The molecule has 5 heteroatoms. The van der Waals surface area contributed by atoms with Crippen LogP contribution in [0.4, 0.5) is 0 Å². The Labute approximate surface area is 136 Å². The molecule has 1 aromatic heterocycles. The standard InChI is InChI=1S/C16H24ClNO2S/c1-3-5-6-7-10-16(4-2,11-15(19)20)21-13-8-9-14(17)18-12-13/h8-9,12H,3-7,10-11H2,1-2H3,(H,19,20). The molecular formula is C16H24ClNO2S. The van der Waals surface area contributed by atoms with E-state index in [4.69, 9.17) is 11.6 Å². The van der Waals surface area contributed by atoms with Gasteiger partial charge in [-0.3, -0.25) is 4.79 Å². The Morgan fingerprint density at radius 1 is 1.33 bits per heavy atom. The van der Waals surface area contributed by atoms with Crippen molar-refractivity contribution >= 4 is 29.3 Å². The van der Waals surface area contributed by atoms with Crippen molar-refractivity contribution in [2.45, 2.75) is 68.4 Å². The highest BCUT2D eigenvalue weighted by molar-refractivity contribution is 8.00. The molecule has 118 valence electrons. The van der Waals surface area contributed by atoms with E-state index in [1.165, 1.54) is 12.8 Å². The summed E-state index contributed by atoms with van der Waals surface area (Å²) in [5.74, 6) is -0.734. The van der Waals surface area contributed by atoms with Gasteiger partial charge in [-0.25, -0.2) is 4.98 Å². The Morgan fingerprint density at radius 2 is 2.10 bits per heavy atom. The minimum Gasteiger partial charge on any atom is -0.481 e. The number of hydrogen-bond acceptors (Lipinski definition) is 3. The van der Waals surface area contributed by atoms with Crippen LogP contribution in [0.3, 0.4) is 0 Å². The van der Waals surface area contributed by atoms with Crippen LogP contribution in [-0.2, 0) is 4.79 Å². The van der Waals surface area contributed by atoms with Crippen molar-refractivity contribution in [3.8, 4) is 0 Å². The van der Waals surface area contributed by atoms with Gasteiger partial charge in [0.25, 0.3) is 0 Å². The van der Waals surface area contributed by atoms with Gasteiger partial charge in [-0.05, 0) is 25.0 Å². The van der Waals surface area contributed by atoms with E-state index in [-0.39, 0.29) is 11.2 Å². The number of hydrogen-bond donors (Lipinski definition) is 1. The number of halogens is 1. The zero-order valence-corrected chi connectivity index (χ0v) is 14.3. The minimum absolute atomic E-state index is 0.183. The van der Waals surface area contributed by atoms with Crippen molar-refractivity contribution in [3.05, 3.63) is 23.5 Å². The summed E-state index contributed by atoms with van der Waals surface area (Å²) in [6, 6.07) is 3.67. The number of aliphatic carboxylic acids is 1. The van der Waals surface area contributed by atoms with Gasteiger partial charge in [0.05, 0.1) is 6.42 Å². The second kappa shape index (κ2) is 9.31. The van der Waals surface area contributed by atoms with Crippen LogP contribution < -0.4 is 0 Å². The molecule has 1 N–H and O–H groups in total. The first-order valence-corrected chi connectivity index (χ1v) is 8.73. The highest BCUT2D eigenvalue weighted by atomic mass is 35.5. The maximum Gasteiger partial charge on any atom is 0.304 e. The number of thioether (sulfide) groups is 1. The van der Waals surface area contributed by atoms with Crippen molar-refractivity contribution in [2.24, 2.45) is 0 Å². The summed E-state index contributed by atoms with van der Waals surface area (Å²) < 4.78 is -0.255. The molecule has 21 heavy (non-hydrogen) atoms. The van der Waals surface area contributed by atoms with Crippen LogP contribution in [0.1, 0.15) is 58.8 Å². The molecule has 0 aromatic carbocycles. The Morgan fingerprint density at radius 3 is 2.62 bits per heavy atom. The molecule has 1 aromatic rings. The molecule has 1 rings (SSSR count). The highest BCUT2D eigenvalue weighted by Crippen LogP contribution is 2.42. The number of carboxylic acid groups (broad SMARTS) is 1. The van der Waals surface area contributed by atoms with Crippen molar-refractivity contribution in [1.82, 2.24) is 4.98 Å². The van der Waals surface area contributed by atoms with E-state index in [2.05, 4.69) is 18.8 Å². The largest absolute Gasteiger partial charge is 0.481 e. The molecule has 3 nitrogen and oxygen atoms in total. The topological polar surface area (TPSA) is 50.2 Å². The average molecular weight is 330 g/mol. The number of rotatable bonds is 10. The number of carboxylic acids is 1. The fourth-order valence-electron chi connectivity index (χ4n) is 2.37. The molecule has 0 aliphatic carbocycles. The van der Waals surface area contributed by atoms with Gasteiger partial charge in [-0.2, -0.15) is 0 Å². The van der Waals surface area contributed by atoms with E-state index in [0.717, 1.165) is 30.6 Å². The predicted octanol–water partition coefficient (Wildman–Crippen LogP) is 5.42. The molecule has 1 unspecified atom stereocenters. The van der Waals surface area contributed by atoms with Gasteiger partial charge in [0.2, 0.25) is 0 Å². The third kappa shape index (κ3) is 6.70. The lowest BCUT2D eigenvalue weighted by molar-refractivity contribution is -0.137. The normalized spacial score (nSPS) is 13.9. The van der Waals surface area contributed by atoms with Gasteiger partial charge in [0.1, 0.15) is 5.15 Å².